The largest absolute Gasteiger partial charge is 0.385 e. The molecule has 0 aliphatic carbocycles. The number of amides is 1. The van der Waals surface area contributed by atoms with E-state index in [2.05, 4.69) is 22.2 Å². The smallest absolute Gasteiger partial charge is 0.272 e. The van der Waals surface area contributed by atoms with Crippen molar-refractivity contribution in [2.45, 2.75) is 26.8 Å². The van der Waals surface area contributed by atoms with Crippen molar-refractivity contribution in [3.63, 3.8) is 0 Å². The normalized spacial score (nSPS) is 10.4. The van der Waals surface area contributed by atoms with Crippen molar-refractivity contribution in [2.75, 3.05) is 18.9 Å². The first-order chi connectivity index (χ1) is 10.1. The predicted molar refractivity (Wildman–Crippen MR) is 85.7 cm³/mol. The van der Waals surface area contributed by atoms with Crippen LogP contribution in [0.2, 0.25) is 0 Å². The van der Waals surface area contributed by atoms with Crippen molar-refractivity contribution in [1.29, 1.82) is 0 Å². The molecule has 0 saturated heterocycles. The zero-order valence-electron chi connectivity index (χ0n) is 12.6. The Bertz CT molecular complexity index is 611. The van der Waals surface area contributed by atoms with Crippen LogP contribution in [0.15, 0.2) is 23.7 Å². The highest BCUT2D eigenvalue weighted by Crippen LogP contribution is 2.13. The Hall–Kier alpha value is -1.95. The topological polar surface area (TPSA) is 58.1 Å². The Kier molecular flexibility index (Phi) is 5.27. The van der Waals surface area contributed by atoms with Crippen molar-refractivity contribution >= 4 is 22.9 Å². The van der Waals surface area contributed by atoms with Gasteiger partial charge in [-0.25, -0.2) is 4.98 Å². The monoisotopic (exact) mass is 304 g/mol. The van der Waals surface area contributed by atoms with Crippen molar-refractivity contribution in [1.82, 2.24) is 14.9 Å². The number of carbonyl (C=O) groups is 1. The lowest BCUT2D eigenvalue weighted by molar-refractivity contribution is 0.0778. The number of rotatable bonds is 6. The zero-order chi connectivity index (χ0) is 15.2. The highest BCUT2D eigenvalue weighted by Gasteiger charge is 2.15. The maximum Gasteiger partial charge on any atom is 0.272 e. The number of aryl methyl sites for hydroxylation is 1. The second-order valence-electron chi connectivity index (χ2n) is 4.88. The number of nitrogens with zero attached hydrogens (tertiary/aromatic N) is 3. The lowest BCUT2D eigenvalue weighted by Crippen LogP contribution is -2.27. The van der Waals surface area contributed by atoms with Crippen LogP contribution in [0.4, 0.5) is 5.69 Å². The summed E-state index contributed by atoms with van der Waals surface area (Å²) in [5, 5.41) is 6.25. The predicted octanol–water partition coefficient (Wildman–Crippen LogP) is 2.94. The van der Waals surface area contributed by atoms with Gasteiger partial charge in [0.1, 0.15) is 5.69 Å². The highest BCUT2D eigenvalue weighted by atomic mass is 32.1. The molecule has 0 spiro atoms. The summed E-state index contributed by atoms with van der Waals surface area (Å²) in [6.07, 6.45) is 2.70. The van der Waals surface area contributed by atoms with Gasteiger partial charge in [-0.1, -0.05) is 6.92 Å². The number of thiazole rings is 1. The van der Waals surface area contributed by atoms with Crippen LogP contribution in [0.25, 0.3) is 0 Å². The second-order valence-corrected chi connectivity index (χ2v) is 5.94. The van der Waals surface area contributed by atoms with E-state index in [1.807, 2.05) is 18.4 Å². The molecule has 0 fully saturated rings. The third-order valence-electron chi connectivity index (χ3n) is 2.97. The van der Waals surface area contributed by atoms with E-state index >= 15 is 0 Å². The quantitative estimate of drug-likeness (QED) is 0.891. The highest BCUT2D eigenvalue weighted by molar-refractivity contribution is 7.09. The summed E-state index contributed by atoms with van der Waals surface area (Å²) >= 11 is 1.59. The van der Waals surface area contributed by atoms with E-state index in [1.165, 1.54) is 0 Å². The average Bonchev–Trinajstić information content (AvgIpc) is 2.89. The number of pyridine rings is 1. The number of nitrogens with one attached hydrogen (secondary N) is 1. The fraction of sp³-hybridized carbons (Fsp3) is 0.400. The van der Waals surface area contributed by atoms with Crippen LogP contribution in [0.3, 0.4) is 0 Å². The first kappa shape index (κ1) is 15.4. The molecule has 2 aromatic rings. The summed E-state index contributed by atoms with van der Waals surface area (Å²) in [4.78, 5) is 22.6. The van der Waals surface area contributed by atoms with Gasteiger partial charge in [0.15, 0.2) is 0 Å². The molecule has 0 aromatic carbocycles. The number of hydrogen-bond acceptors (Lipinski definition) is 5. The molecule has 2 heterocycles. The summed E-state index contributed by atoms with van der Waals surface area (Å²) in [7, 11) is 1.77. The maximum absolute atomic E-state index is 12.4. The van der Waals surface area contributed by atoms with Crippen LogP contribution in [0.1, 0.15) is 34.5 Å². The molecule has 1 amide bonds. The van der Waals surface area contributed by atoms with Crippen molar-refractivity contribution in [2.24, 2.45) is 0 Å². The van der Waals surface area contributed by atoms with E-state index in [-0.39, 0.29) is 5.91 Å². The molecule has 0 bridgehead atoms. The summed E-state index contributed by atoms with van der Waals surface area (Å²) in [6, 6.07) is 3.66. The summed E-state index contributed by atoms with van der Waals surface area (Å²) in [5.74, 6) is -0.0965. The molecule has 5 nitrogen and oxygen atoms in total. The van der Waals surface area contributed by atoms with Crippen LogP contribution in [0.5, 0.6) is 0 Å². The molecule has 6 heteroatoms. The molecule has 0 unspecified atom stereocenters. The minimum Gasteiger partial charge on any atom is -0.385 e. The van der Waals surface area contributed by atoms with Gasteiger partial charge in [-0.2, -0.15) is 0 Å². The van der Waals surface area contributed by atoms with Crippen LogP contribution < -0.4 is 5.32 Å². The molecular weight excluding hydrogens is 284 g/mol. The standard InChI is InChI=1S/C15H20N4OS/c1-4-6-16-12-5-7-17-14(8-12)15(20)19(3)9-13-10-21-11(2)18-13/h5,7-8,10H,4,6,9H2,1-3H3,(H,16,17). The van der Waals surface area contributed by atoms with Gasteiger partial charge in [-0.15, -0.1) is 11.3 Å². The van der Waals surface area contributed by atoms with E-state index in [0.29, 0.717) is 12.2 Å². The minimum absolute atomic E-state index is 0.0965. The third kappa shape index (κ3) is 4.26. The van der Waals surface area contributed by atoms with Crippen molar-refractivity contribution < 1.29 is 4.79 Å². The van der Waals surface area contributed by atoms with E-state index in [4.69, 9.17) is 0 Å². The van der Waals surface area contributed by atoms with E-state index in [9.17, 15) is 4.79 Å². The molecule has 1 N–H and O–H groups in total. The fourth-order valence-corrected chi connectivity index (χ4v) is 2.52. The van der Waals surface area contributed by atoms with Crippen LogP contribution in [0, 0.1) is 6.92 Å². The SMILES string of the molecule is CCCNc1ccnc(C(=O)N(C)Cc2csc(C)n2)c1. The molecule has 0 saturated carbocycles. The van der Waals surface area contributed by atoms with Gasteiger partial charge in [0.05, 0.1) is 17.2 Å². The molecule has 2 aromatic heterocycles. The lowest BCUT2D eigenvalue weighted by Gasteiger charge is -2.16. The second kappa shape index (κ2) is 7.17. The Morgan fingerprint density at radius 2 is 2.29 bits per heavy atom. The Morgan fingerprint density at radius 3 is 2.95 bits per heavy atom. The summed E-state index contributed by atoms with van der Waals surface area (Å²) in [5.41, 5.74) is 2.28. The fourth-order valence-electron chi connectivity index (χ4n) is 1.92. The van der Waals surface area contributed by atoms with Gasteiger partial charge in [0, 0.05) is 30.9 Å². The third-order valence-corrected chi connectivity index (χ3v) is 3.79. The maximum atomic E-state index is 12.4. The molecule has 112 valence electrons. The van der Waals surface area contributed by atoms with Crippen LogP contribution in [-0.4, -0.2) is 34.4 Å². The summed E-state index contributed by atoms with van der Waals surface area (Å²) < 4.78 is 0. The number of anilines is 1. The van der Waals surface area contributed by atoms with Crippen molar-refractivity contribution in [3.05, 3.63) is 40.1 Å². The van der Waals surface area contributed by atoms with Gasteiger partial charge in [0.25, 0.3) is 5.91 Å². The van der Waals surface area contributed by atoms with Gasteiger partial charge in [-0.05, 0) is 25.5 Å². The molecule has 0 aliphatic rings. The van der Waals surface area contributed by atoms with Gasteiger partial charge in [0.2, 0.25) is 0 Å². The first-order valence-corrected chi connectivity index (χ1v) is 7.84. The van der Waals surface area contributed by atoms with Gasteiger partial charge < -0.3 is 10.2 Å². The molecule has 21 heavy (non-hydrogen) atoms. The Balaban J connectivity index is 2.04. The van der Waals surface area contributed by atoms with Gasteiger partial charge in [-0.3, -0.25) is 9.78 Å². The molecule has 2 rings (SSSR count). The number of hydrogen-bond donors (Lipinski definition) is 1. The van der Waals surface area contributed by atoms with E-state index < -0.39 is 0 Å². The lowest BCUT2D eigenvalue weighted by atomic mass is 10.2. The Labute approximate surface area is 129 Å². The zero-order valence-corrected chi connectivity index (χ0v) is 13.4. The first-order valence-electron chi connectivity index (χ1n) is 6.96. The van der Waals surface area contributed by atoms with Crippen LogP contribution >= 0.6 is 11.3 Å². The summed E-state index contributed by atoms with van der Waals surface area (Å²) in [6.45, 7) is 5.44. The molecule has 0 atom stereocenters. The Morgan fingerprint density at radius 1 is 1.48 bits per heavy atom. The van der Waals surface area contributed by atoms with Crippen molar-refractivity contribution in [3.8, 4) is 0 Å². The number of aromatic nitrogens is 2. The van der Waals surface area contributed by atoms with E-state index in [1.54, 1.807) is 35.5 Å². The van der Waals surface area contributed by atoms with Gasteiger partial charge >= 0.3 is 0 Å². The molecular formula is C15H20N4OS. The van der Waals surface area contributed by atoms with Crippen LogP contribution in [-0.2, 0) is 6.54 Å². The molecule has 0 radical (unpaired) electrons. The molecule has 0 aliphatic heterocycles. The number of carbonyl (C=O) groups excluding carboxylic acids is 1. The minimum atomic E-state index is -0.0965. The average molecular weight is 304 g/mol. The van der Waals surface area contributed by atoms with E-state index in [0.717, 1.165) is 29.4 Å².